The first-order valence-corrected chi connectivity index (χ1v) is 10.1. The molecular weight excluding hydrogens is 356 g/mol. The van der Waals surface area contributed by atoms with Crippen molar-refractivity contribution in [1.29, 1.82) is 0 Å². The summed E-state index contributed by atoms with van der Waals surface area (Å²) in [6, 6.07) is 6.14. The fourth-order valence-corrected chi connectivity index (χ4v) is 3.09. The van der Waals surface area contributed by atoms with Gasteiger partial charge in [-0.05, 0) is 51.3 Å². The Hall–Kier alpha value is -2.13. The van der Waals surface area contributed by atoms with Gasteiger partial charge in [-0.25, -0.2) is 8.42 Å². The van der Waals surface area contributed by atoms with Crippen molar-refractivity contribution in [3.8, 4) is 0 Å². The number of nitrogens with one attached hydrogen (secondary N) is 1. The molecule has 0 aliphatic carbocycles. The molecule has 146 valence electrons. The Kier molecular flexibility index (Phi) is 8.04. The summed E-state index contributed by atoms with van der Waals surface area (Å²) in [6.07, 6.45) is 1.82. The number of benzene rings is 1. The van der Waals surface area contributed by atoms with Crippen molar-refractivity contribution >= 4 is 27.5 Å². The lowest BCUT2D eigenvalue weighted by molar-refractivity contribution is -0.119. The Morgan fingerprint density at radius 1 is 1.04 bits per heavy atom. The second kappa shape index (κ2) is 9.54. The standard InChI is InChI=1S/C17H28N4O4S/c1-19(2)12-6-11-18-16(22)13-21(26(5,24)25)15-9-7-14(8-10-15)17(23)20(3)4/h7-10H,6,11-13H2,1-5H3,(H,18,22). The van der Waals surface area contributed by atoms with Crippen molar-refractivity contribution < 1.29 is 18.0 Å². The number of sulfonamides is 1. The average Bonchev–Trinajstić information content (AvgIpc) is 2.55. The highest BCUT2D eigenvalue weighted by atomic mass is 32.2. The van der Waals surface area contributed by atoms with Crippen LogP contribution in [0.25, 0.3) is 0 Å². The molecule has 8 nitrogen and oxygen atoms in total. The van der Waals surface area contributed by atoms with Crippen LogP contribution in [0.2, 0.25) is 0 Å². The maximum atomic E-state index is 12.1. The lowest BCUT2D eigenvalue weighted by Crippen LogP contribution is -2.41. The highest BCUT2D eigenvalue weighted by Crippen LogP contribution is 2.18. The third-order valence-corrected chi connectivity index (χ3v) is 4.74. The van der Waals surface area contributed by atoms with Gasteiger partial charge in [-0.2, -0.15) is 0 Å². The van der Waals surface area contributed by atoms with E-state index in [0.29, 0.717) is 17.8 Å². The predicted molar refractivity (Wildman–Crippen MR) is 103 cm³/mol. The molecule has 0 aromatic heterocycles. The van der Waals surface area contributed by atoms with E-state index in [1.807, 2.05) is 19.0 Å². The second-order valence-electron chi connectivity index (χ2n) is 6.52. The minimum Gasteiger partial charge on any atom is -0.354 e. The molecule has 1 aromatic rings. The quantitative estimate of drug-likeness (QED) is 0.615. The van der Waals surface area contributed by atoms with Gasteiger partial charge in [0.2, 0.25) is 15.9 Å². The second-order valence-corrected chi connectivity index (χ2v) is 8.43. The minimum atomic E-state index is -3.64. The summed E-state index contributed by atoms with van der Waals surface area (Å²) in [5.74, 6) is -0.552. The fourth-order valence-electron chi connectivity index (χ4n) is 2.24. The molecule has 1 rings (SSSR count). The number of amides is 2. The molecule has 2 amide bonds. The van der Waals surface area contributed by atoms with Gasteiger partial charge in [0.25, 0.3) is 5.91 Å². The summed E-state index contributed by atoms with van der Waals surface area (Å²) in [5.41, 5.74) is 0.784. The summed E-state index contributed by atoms with van der Waals surface area (Å²) in [6.45, 7) is 1.00. The maximum absolute atomic E-state index is 12.1. The molecule has 0 unspecified atom stereocenters. The molecule has 9 heteroatoms. The molecule has 0 atom stereocenters. The third kappa shape index (κ3) is 7.01. The van der Waals surface area contributed by atoms with E-state index >= 15 is 0 Å². The van der Waals surface area contributed by atoms with Crippen molar-refractivity contribution in [3.05, 3.63) is 29.8 Å². The van der Waals surface area contributed by atoms with Crippen LogP contribution in [0, 0.1) is 0 Å². The Morgan fingerprint density at radius 3 is 2.08 bits per heavy atom. The van der Waals surface area contributed by atoms with Gasteiger partial charge in [0, 0.05) is 26.2 Å². The third-order valence-electron chi connectivity index (χ3n) is 3.60. The highest BCUT2D eigenvalue weighted by Gasteiger charge is 2.21. The highest BCUT2D eigenvalue weighted by molar-refractivity contribution is 7.92. The summed E-state index contributed by atoms with van der Waals surface area (Å²) < 4.78 is 25.2. The molecule has 0 aliphatic heterocycles. The van der Waals surface area contributed by atoms with E-state index in [0.717, 1.165) is 23.5 Å². The molecule has 0 saturated carbocycles. The van der Waals surface area contributed by atoms with Crippen LogP contribution >= 0.6 is 0 Å². The molecule has 0 fully saturated rings. The molecule has 1 N–H and O–H groups in total. The van der Waals surface area contributed by atoms with E-state index in [2.05, 4.69) is 5.32 Å². The van der Waals surface area contributed by atoms with Crippen LogP contribution in [0.5, 0.6) is 0 Å². The van der Waals surface area contributed by atoms with Crippen LogP contribution in [0.15, 0.2) is 24.3 Å². The Labute approximate surface area is 155 Å². The van der Waals surface area contributed by atoms with E-state index in [-0.39, 0.29) is 18.4 Å². The molecule has 0 bridgehead atoms. The van der Waals surface area contributed by atoms with Crippen LogP contribution in [0.4, 0.5) is 5.69 Å². The summed E-state index contributed by atoms with van der Waals surface area (Å²) in [7, 11) is 3.52. The Bertz CT molecular complexity index is 715. The Balaban J connectivity index is 2.82. The molecule has 0 heterocycles. The van der Waals surface area contributed by atoms with Crippen molar-refractivity contribution in [2.24, 2.45) is 0 Å². The number of hydrogen-bond acceptors (Lipinski definition) is 5. The monoisotopic (exact) mass is 384 g/mol. The van der Waals surface area contributed by atoms with E-state index in [9.17, 15) is 18.0 Å². The van der Waals surface area contributed by atoms with E-state index in [4.69, 9.17) is 0 Å². The zero-order valence-corrected chi connectivity index (χ0v) is 16.8. The van der Waals surface area contributed by atoms with Gasteiger partial charge >= 0.3 is 0 Å². The lowest BCUT2D eigenvalue weighted by atomic mass is 10.2. The SMILES string of the molecule is CN(C)CCCNC(=O)CN(c1ccc(C(=O)N(C)C)cc1)S(C)(=O)=O. The normalized spacial score (nSPS) is 11.3. The fraction of sp³-hybridized carbons (Fsp3) is 0.529. The van der Waals surface area contributed by atoms with Gasteiger partial charge in [0.15, 0.2) is 0 Å². The maximum Gasteiger partial charge on any atom is 0.253 e. The number of rotatable bonds is 9. The van der Waals surface area contributed by atoms with E-state index < -0.39 is 10.0 Å². The molecule has 26 heavy (non-hydrogen) atoms. The summed E-state index contributed by atoms with van der Waals surface area (Å²) >= 11 is 0. The lowest BCUT2D eigenvalue weighted by Gasteiger charge is -2.22. The number of hydrogen-bond donors (Lipinski definition) is 1. The summed E-state index contributed by atoms with van der Waals surface area (Å²) in [5, 5.41) is 2.72. The molecule has 0 spiro atoms. The largest absolute Gasteiger partial charge is 0.354 e. The summed E-state index contributed by atoms with van der Waals surface area (Å²) in [4.78, 5) is 27.5. The average molecular weight is 385 g/mol. The first-order chi connectivity index (χ1) is 12.0. The van der Waals surface area contributed by atoms with Crippen molar-refractivity contribution in [3.63, 3.8) is 0 Å². The van der Waals surface area contributed by atoms with Gasteiger partial charge in [-0.3, -0.25) is 13.9 Å². The van der Waals surface area contributed by atoms with Crippen LogP contribution in [0.1, 0.15) is 16.8 Å². The molecule has 0 aliphatic rings. The first kappa shape index (κ1) is 21.9. The smallest absolute Gasteiger partial charge is 0.253 e. The minimum absolute atomic E-state index is 0.180. The predicted octanol–water partition coefficient (Wildman–Crippen LogP) is 0.222. The number of anilines is 1. The van der Waals surface area contributed by atoms with Crippen LogP contribution in [-0.4, -0.2) is 84.1 Å². The zero-order valence-electron chi connectivity index (χ0n) is 16.0. The van der Waals surface area contributed by atoms with Crippen LogP contribution < -0.4 is 9.62 Å². The van der Waals surface area contributed by atoms with Gasteiger partial charge in [-0.15, -0.1) is 0 Å². The van der Waals surface area contributed by atoms with Gasteiger partial charge in [0.05, 0.1) is 11.9 Å². The molecule has 0 saturated heterocycles. The number of carbonyl (C=O) groups is 2. The van der Waals surface area contributed by atoms with Crippen LogP contribution in [-0.2, 0) is 14.8 Å². The Morgan fingerprint density at radius 2 is 1.62 bits per heavy atom. The number of carbonyl (C=O) groups excluding carboxylic acids is 2. The molecule has 1 aromatic carbocycles. The van der Waals surface area contributed by atoms with Crippen molar-refractivity contribution in [2.75, 3.05) is 58.4 Å². The topological polar surface area (TPSA) is 90.0 Å². The van der Waals surface area contributed by atoms with Crippen molar-refractivity contribution in [1.82, 2.24) is 15.1 Å². The van der Waals surface area contributed by atoms with E-state index in [1.54, 1.807) is 26.2 Å². The van der Waals surface area contributed by atoms with E-state index in [1.165, 1.54) is 17.0 Å². The number of nitrogens with zero attached hydrogens (tertiary/aromatic N) is 3. The van der Waals surface area contributed by atoms with Crippen molar-refractivity contribution in [2.45, 2.75) is 6.42 Å². The van der Waals surface area contributed by atoms with Gasteiger partial charge in [0.1, 0.15) is 6.54 Å². The van der Waals surface area contributed by atoms with Crippen LogP contribution in [0.3, 0.4) is 0 Å². The molecular formula is C17H28N4O4S. The van der Waals surface area contributed by atoms with Gasteiger partial charge < -0.3 is 15.1 Å². The molecule has 0 radical (unpaired) electrons. The van der Waals surface area contributed by atoms with Gasteiger partial charge in [-0.1, -0.05) is 0 Å². The first-order valence-electron chi connectivity index (χ1n) is 8.23. The zero-order chi connectivity index (χ0) is 19.9.